The summed E-state index contributed by atoms with van der Waals surface area (Å²) in [6.07, 6.45) is 1.74. The predicted molar refractivity (Wildman–Crippen MR) is 105 cm³/mol. The average molecular weight is 380 g/mol. The van der Waals surface area contributed by atoms with E-state index in [9.17, 15) is 14.9 Å². The summed E-state index contributed by atoms with van der Waals surface area (Å²) in [5.74, 6) is 0. The van der Waals surface area contributed by atoms with Crippen molar-refractivity contribution in [3.8, 4) is 0 Å². The Labute approximate surface area is 158 Å². The van der Waals surface area contributed by atoms with Crippen LogP contribution in [-0.4, -0.2) is 16.2 Å². The molecule has 1 aliphatic rings. The highest BCUT2D eigenvalue weighted by molar-refractivity contribution is 7.07. The molecule has 0 spiro atoms. The van der Waals surface area contributed by atoms with Crippen molar-refractivity contribution in [3.63, 3.8) is 0 Å². The van der Waals surface area contributed by atoms with E-state index in [1.807, 2.05) is 30.0 Å². The van der Waals surface area contributed by atoms with E-state index in [4.69, 9.17) is 0 Å². The zero-order valence-electron chi connectivity index (χ0n) is 14.5. The van der Waals surface area contributed by atoms with Crippen LogP contribution in [0.1, 0.15) is 11.1 Å². The SMILES string of the molecule is Cc1cccc(N2CN=c3s/c(=C\c4ccc([N+](=O)[O-])cc4)c(=O)n3C2)c1. The molecular formula is C19H16N4O3S. The summed E-state index contributed by atoms with van der Waals surface area (Å²) in [5.41, 5.74) is 2.85. The minimum absolute atomic E-state index is 0.0261. The first-order chi connectivity index (χ1) is 13.0. The summed E-state index contributed by atoms with van der Waals surface area (Å²) >= 11 is 1.34. The van der Waals surface area contributed by atoms with E-state index in [2.05, 4.69) is 11.1 Å². The van der Waals surface area contributed by atoms with Crippen molar-refractivity contribution in [2.75, 3.05) is 11.6 Å². The molecule has 27 heavy (non-hydrogen) atoms. The van der Waals surface area contributed by atoms with Gasteiger partial charge in [0.1, 0.15) is 13.3 Å². The molecule has 0 radical (unpaired) electrons. The van der Waals surface area contributed by atoms with Gasteiger partial charge in [0.15, 0.2) is 4.80 Å². The van der Waals surface area contributed by atoms with Crippen molar-refractivity contribution in [2.24, 2.45) is 4.99 Å². The van der Waals surface area contributed by atoms with Crippen LogP contribution in [0, 0.1) is 17.0 Å². The van der Waals surface area contributed by atoms with E-state index in [-0.39, 0.29) is 11.2 Å². The maximum absolute atomic E-state index is 12.8. The number of non-ortho nitro benzene ring substituents is 1. The lowest BCUT2D eigenvalue weighted by molar-refractivity contribution is -0.384. The van der Waals surface area contributed by atoms with Crippen molar-refractivity contribution in [3.05, 3.63) is 89.5 Å². The van der Waals surface area contributed by atoms with E-state index in [1.165, 1.54) is 23.5 Å². The molecule has 0 bridgehead atoms. The van der Waals surface area contributed by atoms with Gasteiger partial charge in [0, 0.05) is 17.8 Å². The molecule has 1 aromatic heterocycles. The Hall–Kier alpha value is -3.26. The van der Waals surface area contributed by atoms with Crippen LogP contribution in [-0.2, 0) is 6.67 Å². The number of aromatic nitrogens is 1. The number of nitrogens with zero attached hydrogens (tertiary/aromatic N) is 4. The van der Waals surface area contributed by atoms with Gasteiger partial charge in [-0.1, -0.05) is 23.5 Å². The molecule has 0 amide bonds. The average Bonchev–Trinajstić information content (AvgIpc) is 2.97. The number of thiazole rings is 1. The van der Waals surface area contributed by atoms with Crippen LogP contribution in [0.15, 0.2) is 58.3 Å². The van der Waals surface area contributed by atoms with Gasteiger partial charge < -0.3 is 4.90 Å². The number of hydrogen-bond acceptors (Lipinski definition) is 6. The number of rotatable bonds is 3. The van der Waals surface area contributed by atoms with E-state index in [1.54, 1.807) is 22.8 Å². The molecule has 0 N–H and O–H groups in total. The summed E-state index contributed by atoms with van der Waals surface area (Å²) in [6.45, 7) is 2.98. The highest BCUT2D eigenvalue weighted by Gasteiger charge is 2.16. The molecule has 136 valence electrons. The second-order valence-corrected chi connectivity index (χ2v) is 7.30. The van der Waals surface area contributed by atoms with Gasteiger partial charge in [-0.2, -0.15) is 0 Å². The lowest BCUT2D eigenvalue weighted by Gasteiger charge is -2.25. The zero-order valence-corrected chi connectivity index (χ0v) is 15.3. The van der Waals surface area contributed by atoms with Crippen molar-refractivity contribution in [2.45, 2.75) is 13.6 Å². The van der Waals surface area contributed by atoms with Gasteiger partial charge in [-0.05, 0) is 48.4 Å². The minimum atomic E-state index is -0.443. The fraction of sp³-hybridized carbons (Fsp3) is 0.158. The van der Waals surface area contributed by atoms with Gasteiger partial charge in [0.05, 0.1) is 9.46 Å². The molecular weight excluding hydrogens is 364 g/mol. The maximum Gasteiger partial charge on any atom is 0.271 e. The first-order valence-corrected chi connectivity index (χ1v) is 9.15. The van der Waals surface area contributed by atoms with Crippen LogP contribution in [0.3, 0.4) is 0 Å². The number of benzene rings is 2. The molecule has 2 heterocycles. The van der Waals surface area contributed by atoms with Crippen LogP contribution in [0.4, 0.5) is 11.4 Å². The van der Waals surface area contributed by atoms with Gasteiger partial charge in [-0.15, -0.1) is 0 Å². The van der Waals surface area contributed by atoms with E-state index in [0.717, 1.165) is 16.8 Å². The third-order valence-corrected chi connectivity index (χ3v) is 5.39. The van der Waals surface area contributed by atoms with Gasteiger partial charge >= 0.3 is 0 Å². The number of nitro groups is 1. The number of anilines is 1. The van der Waals surface area contributed by atoms with Gasteiger partial charge in [-0.25, -0.2) is 4.99 Å². The molecule has 7 nitrogen and oxygen atoms in total. The van der Waals surface area contributed by atoms with Crippen LogP contribution in [0.2, 0.25) is 0 Å². The molecule has 3 aromatic rings. The summed E-state index contributed by atoms with van der Waals surface area (Å²) in [5, 5.41) is 10.8. The Kier molecular flexibility index (Phi) is 4.33. The first-order valence-electron chi connectivity index (χ1n) is 8.33. The van der Waals surface area contributed by atoms with Crippen LogP contribution in [0.25, 0.3) is 6.08 Å². The highest BCUT2D eigenvalue weighted by Crippen LogP contribution is 2.17. The summed E-state index contributed by atoms with van der Waals surface area (Å²) in [7, 11) is 0. The number of nitro benzene ring substituents is 1. The zero-order chi connectivity index (χ0) is 19.0. The monoisotopic (exact) mass is 380 g/mol. The summed E-state index contributed by atoms with van der Waals surface area (Å²) in [4.78, 5) is 30.4. The van der Waals surface area contributed by atoms with Crippen molar-refractivity contribution in [1.29, 1.82) is 0 Å². The second-order valence-electron chi connectivity index (χ2n) is 6.29. The van der Waals surface area contributed by atoms with E-state index in [0.29, 0.717) is 22.7 Å². The Morgan fingerprint density at radius 1 is 1.22 bits per heavy atom. The predicted octanol–water partition coefficient (Wildman–Crippen LogP) is 2.01. The molecule has 0 saturated heterocycles. The Bertz CT molecular complexity index is 1190. The summed E-state index contributed by atoms with van der Waals surface area (Å²) < 4.78 is 2.22. The van der Waals surface area contributed by atoms with Gasteiger partial charge in [-0.3, -0.25) is 19.5 Å². The van der Waals surface area contributed by atoms with Crippen molar-refractivity contribution in [1.82, 2.24) is 4.57 Å². The van der Waals surface area contributed by atoms with Gasteiger partial charge in [0.25, 0.3) is 11.2 Å². The quantitative estimate of drug-likeness (QED) is 0.514. The minimum Gasteiger partial charge on any atom is -0.334 e. The third kappa shape index (κ3) is 3.39. The molecule has 4 rings (SSSR count). The molecule has 2 aromatic carbocycles. The lowest BCUT2D eigenvalue weighted by Crippen LogP contribution is -2.42. The molecule has 1 aliphatic heterocycles. The Morgan fingerprint density at radius 3 is 2.70 bits per heavy atom. The number of aryl methyl sites for hydroxylation is 1. The van der Waals surface area contributed by atoms with Gasteiger partial charge in [0.2, 0.25) is 0 Å². The first kappa shape index (κ1) is 17.2. The molecule has 0 aliphatic carbocycles. The van der Waals surface area contributed by atoms with E-state index >= 15 is 0 Å². The maximum atomic E-state index is 12.8. The third-order valence-electron chi connectivity index (χ3n) is 4.35. The standard InChI is InChI=1S/C19H16N4O3S/c1-13-3-2-4-16(9-13)21-11-20-19-22(12-21)18(24)17(27-19)10-14-5-7-15(8-6-14)23(25)26/h2-10H,11-12H2,1H3/b17-10-. The Balaban J connectivity index is 1.68. The highest BCUT2D eigenvalue weighted by atomic mass is 32.1. The molecule has 0 fully saturated rings. The van der Waals surface area contributed by atoms with Crippen LogP contribution in [0.5, 0.6) is 0 Å². The molecule has 0 saturated carbocycles. The van der Waals surface area contributed by atoms with Crippen molar-refractivity contribution < 1.29 is 4.92 Å². The fourth-order valence-electron chi connectivity index (χ4n) is 2.94. The molecule has 0 atom stereocenters. The van der Waals surface area contributed by atoms with Crippen LogP contribution < -0.4 is 19.8 Å². The normalized spacial score (nSPS) is 14.0. The largest absolute Gasteiger partial charge is 0.334 e. The van der Waals surface area contributed by atoms with Crippen molar-refractivity contribution >= 4 is 28.8 Å². The molecule has 8 heteroatoms. The Morgan fingerprint density at radius 2 is 2.00 bits per heavy atom. The number of hydrogen-bond donors (Lipinski definition) is 0. The lowest BCUT2D eigenvalue weighted by atomic mass is 10.2. The fourth-order valence-corrected chi connectivity index (χ4v) is 3.91. The van der Waals surface area contributed by atoms with Crippen LogP contribution >= 0.6 is 11.3 Å². The smallest absolute Gasteiger partial charge is 0.271 e. The van der Waals surface area contributed by atoms with E-state index < -0.39 is 4.92 Å². The summed E-state index contributed by atoms with van der Waals surface area (Å²) in [6, 6.07) is 14.2. The topological polar surface area (TPSA) is 80.7 Å². The second kappa shape index (κ2) is 6.81. The number of fused-ring (bicyclic) bond motifs is 1. The molecule has 0 unspecified atom stereocenters.